The first-order chi connectivity index (χ1) is 6.82. The molecule has 1 nitrogen and oxygen atoms in total. The number of rotatable bonds is 0. The summed E-state index contributed by atoms with van der Waals surface area (Å²) in [6, 6.07) is 2.29. The lowest BCUT2D eigenvalue weighted by Gasteiger charge is -2.11. The maximum absolute atomic E-state index is 12.3. The summed E-state index contributed by atoms with van der Waals surface area (Å²) in [6.45, 7) is 5.65. The fraction of sp³-hybridized carbons (Fsp3) is 0.400. The molecule has 0 atom stereocenters. The van der Waals surface area contributed by atoms with Crippen LogP contribution in [0.1, 0.15) is 25.0 Å². The summed E-state index contributed by atoms with van der Waals surface area (Å²) in [5, 5.41) is 0. The summed E-state index contributed by atoms with van der Waals surface area (Å²) >= 11 is 2.84. The van der Waals surface area contributed by atoms with Gasteiger partial charge in [0.25, 0.3) is 0 Å². The van der Waals surface area contributed by atoms with Crippen LogP contribution >= 0.6 is 15.9 Å². The van der Waals surface area contributed by atoms with E-state index in [-0.39, 0.29) is 10.2 Å². The topological polar surface area (TPSA) is 26.0 Å². The van der Waals surface area contributed by atoms with Gasteiger partial charge in [0.1, 0.15) is 0 Å². The molecule has 0 spiro atoms. The molecule has 1 rings (SSSR count). The molecule has 0 saturated heterocycles. The number of nitrogen functional groups attached to an aromatic ring is 1. The summed E-state index contributed by atoms with van der Waals surface area (Å²) in [7, 11) is 0. The Morgan fingerprint density at radius 3 is 2.07 bits per heavy atom. The second-order valence-corrected chi connectivity index (χ2v) is 3.54. The third kappa shape index (κ3) is 3.74. The summed E-state index contributed by atoms with van der Waals surface area (Å²) in [5.74, 6) is 0. The highest BCUT2D eigenvalue weighted by atomic mass is 79.9. The van der Waals surface area contributed by atoms with Crippen LogP contribution in [0.25, 0.3) is 0 Å². The Bertz CT molecular complexity index is 334. The molecule has 0 fully saturated rings. The van der Waals surface area contributed by atoms with E-state index in [9.17, 15) is 13.2 Å². The molecule has 0 saturated carbocycles. The molecule has 0 radical (unpaired) electrons. The van der Waals surface area contributed by atoms with Gasteiger partial charge in [-0.15, -0.1) is 0 Å². The molecule has 86 valence electrons. The zero-order valence-corrected chi connectivity index (χ0v) is 10.3. The lowest BCUT2D eigenvalue weighted by atomic mass is 10.1. The zero-order chi connectivity index (χ0) is 12.2. The first-order valence-corrected chi connectivity index (χ1v) is 5.24. The normalized spacial score (nSPS) is 10.6. The van der Waals surface area contributed by atoms with E-state index in [2.05, 4.69) is 15.9 Å². The van der Waals surface area contributed by atoms with Gasteiger partial charge in [0.2, 0.25) is 0 Å². The summed E-state index contributed by atoms with van der Waals surface area (Å²) in [5.41, 5.74) is 5.40. The van der Waals surface area contributed by atoms with Gasteiger partial charge in [0.15, 0.2) is 0 Å². The van der Waals surface area contributed by atoms with Crippen LogP contribution in [0.15, 0.2) is 16.6 Å². The molecule has 15 heavy (non-hydrogen) atoms. The Morgan fingerprint density at radius 2 is 1.67 bits per heavy atom. The van der Waals surface area contributed by atoms with Gasteiger partial charge in [-0.1, -0.05) is 29.8 Å². The lowest BCUT2D eigenvalue weighted by molar-refractivity contribution is -0.138. The van der Waals surface area contributed by atoms with Crippen LogP contribution in [0.4, 0.5) is 18.9 Å². The van der Waals surface area contributed by atoms with Crippen molar-refractivity contribution in [3.05, 3.63) is 27.7 Å². The van der Waals surface area contributed by atoms with Gasteiger partial charge < -0.3 is 5.73 Å². The molecule has 0 aromatic heterocycles. The van der Waals surface area contributed by atoms with E-state index in [1.54, 1.807) is 6.92 Å². The van der Waals surface area contributed by atoms with Crippen molar-refractivity contribution in [3.8, 4) is 0 Å². The largest absolute Gasteiger partial charge is 0.417 e. The molecule has 0 aliphatic rings. The highest BCUT2D eigenvalue weighted by molar-refractivity contribution is 9.10. The smallest absolute Gasteiger partial charge is 0.399 e. The molecule has 0 aliphatic carbocycles. The van der Waals surface area contributed by atoms with E-state index < -0.39 is 11.7 Å². The molecular weight excluding hydrogens is 271 g/mol. The van der Waals surface area contributed by atoms with Gasteiger partial charge in [-0.05, 0) is 24.6 Å². The highest BCUT2D eigenvalue weighted by Gasteiger charge is 2.33. The van der Waals surface area contributed by atoms with Gasteiger partial charge in [-0.3, -0.25) is 0 Å². The number of anilines is 1. The molecule has 0 unspecified atom stereocenters. The monoisotopic (exact) mass is 283 g/mol. The van der Waals surface area contributed by atoms with Crippen LogP contribution in [0.5, 0.6) is 0 Å². The Hall–Kier alpha value is -0.710. The lowest BCUT2D eigenvalue weighted by Crippen LogP contribution is -2.07. The van der Waals surface area contributed by atoms with Gasteiger partial charge in [-0.25, -0.2) is 0 Å². The van der Waals surface area contributed by atoms with Crippen molar-refractivity contribution in [2.24, 2.45) is 0 Å². The Kier molecular flexibility index (Phi) is 5.14. The molecule has 2 N–H and O–H groups in total. The molecular formula is C10H13BrF3N. The fourth-order valence-corrected chi connectivity index (χ4v) is 1.59. The number of nitrogens with two attached hydrogens (primary N) is 1. The van der Waals surface area contributed by atoms with Crippen molar-refractivity contribution < 1.29 is 13.2 Å². The molecule has 0 heterocycles. The van der Waals surface area contributed by atoms with E-state index in [1.165, 1.54) is 6.07 Å². The fourth-order valence-electron chi connectivity index (χ4n) is 0.907. The average Bonchev–Trinajstić information content (AvgIpc) is 2.13. The van der Waals surface area contributed by atoms with Crippen LogP contribution in [0.2, 0.25) is 0 Å². The second kappa shape index (κ2) is 5.39. The van der Waals surface area contributed by atoms with Gasteiger partial charge in [0.05, 0.1) is 5.56 Å². The Balaban J connectivity index is 0.000000921. The predicted molar refractivity (Wildman–Crippen MR) is 59.6 cm³/mol. The van der Waals surface area contributed by atoms with Crippen LogP contribution in [-0.4, -0.2) is 0 Å². The van der Waals surface area contributed by atoms with E-state index in [0.29, 0.717) is 5.56 Å². The van der Waals surface area contributed by atoms with E-state index in [4.69, 9.17) is 5.73 Å². The molecule has 0 amide bonds. The second-order valence-electron chi connectivity index (χ2n) is 2.69. The minimum absolute atomic E-state index is 0.0201. The number of hydrogen-bond acceptors (Lipinski definition) is 1. The number of benzene rings is 1. The first kappa shape index (κ1) is 14.3. The maximum Gasteiger partial charge on any atom is 0.417 e. The highest BCUT2D eigenvalue weighted by Crippen LogP contribution is 2.36. The van der Waals surface area contributed by atoms with Crippen molar-refractivity contribution >= 4 is 21.6 Å². The number of alkyl halides is 3. The number of hydrogen-bond donors (Lipinski definition) is 1. The van der Waals surface area contributed by atoms with Crippen molar-refractivity contribution in [1.29, 1.82) is 0 Å². The first-order valence-electron chi connectivity index (χ1n) is 4.45. The van der Waals surface area contributed by atoms with Crippen LogP contribution in [0, 0.1) is 6.92 Å². The predicted octanol–water partition coefficient (Wildman–Crippen LogP) is 4.38. The molecule has 5 heteroatoms. The Labute approximate surface area is 95.6 Å². The molecule has 1 aromatic rings. The maximum atomic E-state index is 12.3. The third-order valence-electron chi connectivity index (χ3n) is 1.66. The van der Waals surface area contributed by atoms with Crippen LogP contribution in [0.3, 0.4) is 0 Å². The van der Waals surface area contributed by atoms with Gasteiger partial charge >= 0.3 is 6.18 Å². The van der Waals surface area contributed by atoms with Gasteiger partial charge in [-0.2, -0.15) is 13.2 Å². The zero-order valence-electron chi connectivity index (χ0n) is 8.74. The van der Waals surface area contributed by atoms with Crippen molar-refractivity contribution in [3.63, 3.8) is 0 Å². The SMILES string of the molecule is CC.Cc1cc(Br)c(C(F)(F)F)cc1N. The molecule has 0 bridgehead atoms. The number of halogens is 4. The number of aryl methyl sites for hydroxylation is 1. The van der Waals surface area contributed by atoms with E-state index in [1.807, 2.05) is 13.8 Å². The van der Waals surface area contributed by atoms with E-state index in [0.717, 1.165) is 6.07 Å². The summed E-state index contributed by atoms with van der Waals surface area (Å²) < 4.78 is 36.8. The molecule has 1 aromatic carbocycles. The summed E-state index contributed by atoms with van der Waals surface area (Å²) in [6.07, 6.45) is -4.36. The average molecular weight is 284 g/mol. The minimum Gasteiger partial charge on any atom is -0.399 e. The standard InChI is InChI=1S/C8H7BrF3N.C2H6/c1-4-2-6(9)5(3-7(4)13)8(10,11)12;1-2/h2-3H,13H2,1H3;1-2H3. The third-order valence-corrected chi connectivity index (χ3v) is 2.32. The summed E-state index contributed by atoms with van der Waals surface area (Å²) in [4.78, 5) is 0. The van der Waals surface area contributed by atoms with Crippen LogP contribution < -0.4 is 5.73 Å². The Morgan fingerprint density at radius 1 is 1.20 bits per heavy atom. The van der Waals surface area contributed by atoms with Crippen LogP contribution in [-0.2, 0) is 6.18 Å². The van der Waals surface area contributed by atoms with Crippen molar-refractivity contribution in [2.45, 2.75) is 26.9 Å². The van der Waals surface area contributed by atoms with Crippen molar-refractivity contribution in [1.82, 2.24) is 0 Å². The van der Waals surface area contributed by atoms with E-state index >= 15 is 0 Å². The minimum atomic E-state index is -4.36. The quantitative estimate of drug-likeness (QED) is 0.703. The van der Waals surface area contributed by atoms with Gasteiger partial charge in [0, 0.05) is 10.2 Å². The van der Waals surface area contributed by atoms with Crippen molar-refractivity contribution in [2.75, 3.05) is 5.73 Å². The molecule has 0 aliphatic heterocycles.